The molecule has 1 aromatic heterocycles. The lowest BCUT2D eigenvalue weighted by Gasteiger charge is -2.16. The number of ether oxygens (including phenoxy) is 1. The average Bonchev–Trinajstić information content (AvgIpc) is 3.10. The van der Waals surface area contributed by atoms with Crippen LogP contribution in [-0.4, -0.2) is 26.2 Å². The second-order valence-corrected chi connectivity index (χ2v) is 8.20. The number of tetrazole rings is 1. The molecule has 0 unspecified atom stereocenters. The van der Waals surface area contributed by atoms with Crippen molar-refractivity contribution in [1.82, 2.24) is 20.2 Å². The van der Waals surface area contributed by atoms with Gasteiger partial charge in [0, 0.05) is 5.56 Å². The Morgan fingerprint density at radius 1 is 1.04 bits per heavy atom. The molecule has 0 amide bonds. The number of nitrogens with zero attached hydrogens (tertiary/aromatic N) is 4. The Hall–Kier alpha value is -3.02. The number of esters is 1. The molecule has 0 aliphatic rings. The zero-order valence-electron chi connectivity index (χ0n) is 17.0. The fourth-order valence-corrected chi connectivity index (χ4v) is 2.53. The summed E-state index contributed by atoms with van der Waals surface area (Å²) >= 11 is 0. The van der Waals surface area contributed by atoms with Gasteiger partial charge in [-0.2, -0.15) is 4.80 Å². The Morgan fingerprint density at radius 3 is 2.25 bits per heavy atom. The smallest absolute Gasteiger partial charge is 0.316 e. The molecule has 0 N–H and O–H groups in total. The summed E-state index contributed by atoms with van der Waals surface area (Å²) in [5.74, 6) is 1.28. The van der Waals surface area contributed by atoms with Gasteiger partial charge < -0.3 is 4.74 Å². The van der Waals surface area contributed by atoms with Crippen LogP contribution in [0.25, 0.3) is 11.4 Å². The van der Waals surface area contributed by atoms with Gasteiger partial charge in [-0.25, -0.2) is 0 Å². The van der Waals surface area contributed by atoms with Gasteiger partial charge in [0.1, 0.15) is 5.75 Å². The van der Waals surface area contributed by atoms with E-state index < -0.39 is 5.41 Å². The zero-order chi connectivity index (χ0) is 20.3. The molecule has 28 heavy (non-hydrogen) atoms. The van der Waals surface area contributed by atoms with Crippen molar-refractivity contribution in [3.05, 3.63) is 59.7 Å². The lowest BCUT2D eigenvalue weighted by molar-refractivity contribution is -0.142. The van der Waals surface area contributed by atoms with Gasteiger partial charge in [0.2, 0.25) is 5.82 Å². The van der Waals surface area contributed by atoms with E-state index in [2.05, 4.69) is 53.5 Å². The Morgan fingerprint density at radius 2 is 1.68 bits per heavy atom. The highest BCUT2D eigenvalue weighted by atomic mass is 16.5. The SMILES string of the molecule is CC(C)c1ccc(Cn2nnc(-c3ccc(OC(=O)C(C)(C)C)cc3)n2)cc1. The molecule has 3 rings (SSSR count). The van der Waals surface area contributed by atoms with Crippen LogP contribution in [0.2, 0.25) is 0 Å². The molecule has 0 bridgehead atoms. The third-order valence-corrected chi connectivity index (χ3v) is 4.36. The second kappa shape index (κ2) is 7.92. The molecule has 0 aliphatic heterocycles. The van der Waals surface area contributed by atoms with E-state index in [1.165, 1.54) is 5.56 Å². The van der Waals surface area contributed by atoms with E-state index in [1.54, 1.807) is 16.9 Å². The van der Waals surface area contributed by atoms with Gasteiger partial charge in [0.25, 0.3) is 0 Å². The van der Waals surface area contributed by atoms with Gasteiger partial charge >= 0.3 is 5.97 Å². The molecule has 0 aliphatic carbocycles. The number of carbonyl (C=O) groups excluding carboxylic acids is 1. The number of hydrogen-bond acceptors (Lipinski definition) is 5. The Kier molecular flexibility index (Phi) is 5.58. The van der Waals surface area contributed by atoms with E-state index in [0.717, 1.165) is 11.1 Å². The van der Waals surface area contributed by atoms with Crippen molar-refractivity contribution in [3.63, 3.8) is 0 Å². The molecular formula is C22H26N4O2. The molecular weight excluding hydrogens is 352 g/mol. The molecule has 6 heteroatoms. The maximum Gasteiger partial charge on any atom is 0.316 e. The fourth-order valence-electron chi connectivity index (χ4n) is 2.53. The minimum Gasteiger partial charge on any atom is -0.426 e. The van der Waals surface area contributed by atoms with Gasteiger partial charge in [-0.15, -0.1) is 10.2 Å². The highest BCUT2D eigenvalue weighted by Gasteiger charge is 2.23. The van der Waals surface area contributed by atoms with E-state index in [0.29, 0.717) is 24.0 Å². The van der Waals surface area contributed by atoms with Crippen LogP contribution in [0.5, 0.6) is 5.75 Å². The summed E-state index contributed by atoms with van der Waals surface area (Å²) in [6, 6.07) is 15.6. The van der Waals surface area contributed by atoms with Gasteiger partial charge in [0.05, 0.1) is 12.0 Å². The largest absolute Gasteiger partial charge is 0.426 e. The standard InChI is InChI=1S/C22H26N4O2/c1-15(2)17-8-6-16(7-9-17)14-26-24-20(23-25-26)18-10-12-19(13-11-18)28-21(27)22(3,4)5/h6-13,15H,14H2,1-5H3. The highest BCUT2D eigenvalue weighted by Crippen LogP contribution is 2.22. The molecule has 0 saturated heterocycles. The van der Waals surface area contributed by atoms with Crippen LogP contribution in [0.15, 0.2) is 48.5 Å². The third-order valence-electron chi connectivity index (χ3n) is 4.36. The molecule has 0 spiro atoms. The van der Waals surface area contributed by atoms with Crippen LogP contribution in [0.1, 0.15) is 51.7 Å². The van der Waals surface area contributed by atoms with Crippen LogP contribution >= 0.6 is 0 Å². The van der Waals surface area contributed by atoms with Crippen molar-refractivity contribution in [2.75, 3.05) is 0 Å². The highest BCUT2D eigenvalue weighted by molar-refractivity contribution is 5.78. The van der Waals surface area contributed by atoms with Crippen molar-refractivity contribution in [1.29, 1.82) is 0 Å². The minimum atomic E-state index is -0.545. The van der Waals surface area contributed by atoms with E-state index in [4.69, 9.17) is 4.74 Å². The molecule has 2 aromatic carbocycles. The molecule has 1 heterocycles. The fraction of sp³-hybridized carbons (Fsp3) is 0.364. The maximum atomic E-state index is 12.0. The molecule has 146 valence electrons. The van der Waals surface area contributed by atoms with Crippen LogP contribution in [0.3, 0.4) is 0 Å². The first kappa shape index (κ1) is 19.7. The van der Waals surface area contributed by atoms with Crippen molar-refractivity contribution >= 4 is 5.97 Å². The van der Waals surface area contributed by atoms with Gasteiger partial charge in [0.15, 0.2) is 0 Å². The summed E-state index contributed by atoms with van der Waals surface area (Å²) in [7, 11) is 0. The van der Waals surface area contributed by atoms with Crippen molar-refractivity contribution in [3.8, 4) is 17.1 Å². The normalized spacial score (nSPS) is 11.6. The third kappa shape index (κ3) is 4.82. The van der Waals surface area contributed by atoms with Crippen LogP contribution in [-0.2, 0) is 11.3 Å². The molecule has 0 atom stereocenters. The summed E-state index contributed by atoms with van der Waals surface area (Å²) in [6.07, 6.45) is 0. The van der Waals surface area contributed by atoms with Crippen LogP contribution in [0, 0.1) is 5.41 Å². The Balaban J connectivity index is 1.67. The molecule has 6 nitrogen and oxygen atoms in total. The van der Waals surface area contributed by atoms with Crippen LogP contribution in [0.4, 0.5) is 0 Å². The summed E-state index contributed by atoms with van der Waals surface area (Å²) in [5, 5.41) is 12.7. The topological polar surface area (TPSA) is 69.9 Å². The predicted molar refractivity (Wildman–Crippen MR) is 108 cm³/mol. The first-order valence-corrected chi connectivity index (χ1v) is 9.42. The number of rotatable bonds is 5. The van der Waals surface area contributed by atoms with E-state index >= 15 is 0 Å². The summed E-state index contributed by atoms with van der Waals surface area (Å²) in [5.41, 5.74) is 2.70. The lowest BCUT2D eigenvalue weighted by Crippen LogP contribution is -2.25. The van der Waals surface area contributed by atoms with Crippen molar-refractivity contribution in [2.45, 2.75) is 47.1 Å². The van der Waals surface area contributed by atoms with Gasteiger partial charge in [-0.3, -0.25) is 4.79 Å². The van der Waals surface area contributed by atoms with Gasteiger partial charge in [-0.05, 0) is 67.3 Å². The second-order valence-electron chi connectivity index (χ2n) is 8.20. The summed E-state index contributed by atoms with van der Waals surface area (Å²) < 4.78 is 5.38. The van der Waals surface area contributed by atoms with Gasteiger partial charge in [-0.1, -0.05) is 38.1 Å². The molecule has 0 saturated carbocycles. The summed E-state index contributed by atoms with van der Waals surface area (Å²) in [6.45, 7) is 10.4. The quantitative estimate of drug-likeness (QED) is 0.484. The lowest BCUT2D eigenvalue weighted by atomic mass is 9.97. The zero-order valence-corrected chi connectivity index (χ0v) is 17.0. The number of hydrogen-bond donors (Lipinski definition) is 0. The predicted octanol–water partition coefficient (Wildman–Crippen LogP) is 4.46. The Bertz CT molecular complexity index is 936. The summed E-state index contributed by atoms with van der Waals surface area (Å²) in [4.78, 5) is 13.5. The molecule has 0 radical (unpaired) electrons. The maximum absolute atomic E-state index is 12.0. The minimum absolute atomic E-state index is 0.271. The van der Waals surface area contributed by atoms with Crippen LogP contribution < -0.4 is 4.74 Å². The number of benzene rings is 2. The average molecular weight is 378 g/mol. The molecule has 0 fully saturated rings. The van der Waals surface area contributed by atoms with Crippen molar-refractivity contribution < 1.29 is 9.53 Å². The van der Waals surface area contributed by atoms with E-state index in [-0.39, 0.29) is 5.97 Å². The van der Waals surface area contributed by atoms with E-state index in [9.17, 15) is 4.79 Å². The molecule has 3 aromatic rings. The monoisotopic (exact) mass is 378 g/mol. The van der Waals surface area contributed by atoms with E-state index in [1.807, 2.05) is 32.9 Å². The first-order chi connectivity index (χ1) is 13.2. The Labute approximate surface area is 165 Å². The number of aromatic nitrogens is 4. The number of carbonyl (C=O) groups is 1. The first-order valence-electron chi connectivity index (χ1n) is 9.42. The van der Waals surface area contributed by atoms with Crippen molar-refractivity contribution in [2.24, 2.45) is 5.41 Å².